The van der Waals surface area contributed by atoms with Crippen molar-refractivity contribution < 1.29 is 24.4 Å². The lowest BCUT2D eigenvalue weighted by Crippen LogP contribution is -3.28. The maximum absolute atomic E-state index is 12.2. The van der Waals surface area contributed by atoms with Crippen molar-refractivity contribution in [3.05, 3.63) is 58.6 Å². The molecule has 2 aromatic rings. The van der Waals surface area contributed by atoms with Crippen molar-refractivity contribution in [1.82, 2.24) is 5.43 Å². The fourth-order valence-corrected chi connectivity index (χ4v) is 3.64. The van der Waals surface area contributed by atoms with E-state index in [1.807, 2.05) is 18.2 Å². The number of phenolic OH excluding ortho intramolecular Hbond substituents is 1. The third-order valence-electron chi connectivity index (χ3n) is 5.08. The minimum Gasteiger partial charge on any atom is -0.504 e. The number of phenols is 1. The summed E-state index contributed by atoms with van der Waals surface area (Å²) in [5, 5.41) is 14.4. The second-order valence-corrected chi connectivity index (χ2v) is 7.58. The van der Waals surface area contributed by atoms with Crippen molar-refractivity contribution in [3.8, 4) is 11.5 Å². The molecule has 0 spiro atoms. The number of methoxy groups -OCH3 is 1. The number of benzene rings is 2. The highest BCUT2D eigenvalue weighted by molar-refractivity contribution is 6.31. The maximum Gasteiger partial charge on any atom is 0.295 e. The van der Waals surface area contributed by atoms with E-state index in [9.17, 15) is 9.90 Å². The summed E-state index contributed by atoms with van der Waals surface area (Å²) in [4.78, 5) is 14.9. The molecule has 0 atom stereocenters. The van der Waals surface area contributed by atoms with Crippen LogP contribution >= 0.6 is 11.6 Å². The average Bonchev–Trinajstić information content (AvgIpc) is 2.72. The van der Waals surface area contributed by atoms with Crippen LogP contribution in [0.15, 0.2) is 47.6 Å². The fourth-order valence-electron chi connectivity index (χ4n) is 3.44. The van der Waals surface area contributed by atoms with Crippen LogP contribution in [0.3, 0.4) is 0 Å². The molecule has 0 saturated carbocycles. The predicted molar refractivity (Wildman–Crippen MR) is 112 cm³/mol. The van der Waals surface area contributed by atoms with E-state index >= 15 is 0 Å². The highest BCUT2D eigenvalue weighted by Gasteiger charge is 2.25. The number of ether oxygens (including phenoxy) is 1. The molecule has 1 saturated heterocycles. The molecule has 4 N–H and O–H groups in total. The van der Waals surface area contributed by atoms with Gasteiger partial charge in [0.05, 0.1) is 13.3 Å². The second-order valence-electron chi connectivity index (χ2n) is 7.17. The van der Waals surface area contributed by atoms with E-state index in [0.717, 1.165) is 43.3 Å². The highest BCUT2D eigenvalue weighted by atomic mass is 35.5. The number of hydrogen-bond acceptors (Lipinski definition) is 4. The van der Waals surface area contributed by atoms with Gasteiger partial charge in [0.1, 0.15) is 32.7 Å². The zero-order valence-electron chi connectivity index (χ0n) is 16.5. The Morgan fingerprint density at radius 3 is 2.66 bits per heavy atom. The molecule has 29 heavy (non-hydrogen) atoms. The smallest absolute Gasteiger partial charge is 0.295 e. The van der Waals surface area contributed by atoms with E-state index in [2.05, 4.69) is 16.6 Å². The Kier molecular flexibility index (Phi) is 7.46. The summed E-state index contributed by atoms with van der Waals surface area (Å²) in [7, 11) is 1.48. The number of nitrogens with one attached hydrogen (secondary N) is 3. The number of nitrogens with zero attached hydrogens (tertiary/aromatic N) is 1. The lowest BCUT2D eigenvalue weighted by Gasteiger charge is -2.29. The Hall–Kier alpha value is -2.61. The van der Waals surface area contributed by atoms with E-state index in [1.165, 1.54) is 34.8 Å². The Morgan fingerprint density at radius 1 is 1.21 bits per heavy atom. The summed E-state index contributed by atoms with van der Waals surface area (Å²) in [6, 6.07) is 12.8. The standard InChI is InChI=1S/C21H25ClN4O3/c1-29-20-12-16(6-7-19(20)27)13-23-24-21(28)15-26-10-8-25(9-11-26)14-17-4-2-3-5-18(17)22/h2-7,12-13,27H,8-11,14-15H2,1H3,(H,24,28)/p+2. The van der Waals surface area contributed by atoms with Crippen molar-refractivity contribution in [3.63, 3.8) is 0 Å². The normalized spacial score (nSPS) is 19.2. The molecule has 0 aliphatic carbocycles. The van der Waals surface area contributed by atoms with Crippen LogP contribution in [-0.2, 0) is 11.3 Å². The minimum atomic E-state index is -0.114. The van der Waals surface area contributed by atoms with E-state index in [-0.39, 0.29) is 11.7 Å². The van der Waals surface area contributed by atoms with Crippen molar-refractivity contribution in [2.24, 2.45) is 5.10 Å². The number of halogens is 1. The predicted octanol–water partition coefficient (Wildman–Crippen LogP) is -0.512. The van der Waals surface area contributed by atoms with Crippen LogP contribution in [-0.4, -0.2) is 57.1 Å². The number of aromatic hydroxyl groups is 1. The monoisotopic (exact) mass is 418 g/mol. The molecular weight excluding hydrogens is 392 g/mol. The lowest BCUT2D eigenvalue weighted by atomic mass is 10.2. The molecule has 0 unspecified atom stereocenters. The van der Waals surface area contributed by atoms with Gasteiger partial charge in [-0.3, -0.25) is 4.79 Å². The number of carbonyl (C=O) groups excluding carboxylic acids is 1. The summed E-state index contributed by atoms with van der Waals surface area (Å²) >= 11 is 6.25. The van der Waals surface area contributed by atoms with Gasteiger partial charge in [-0.25, -0.2) is 5.43 Å². The number of carbonyl (C=O) groups is 1. The van der Waals surface area contributed by atoms with Crippen LogP contribution in [0.4, 0.5) is 0 Å². The summed E-state index contributed by atoms with van der Waals surface area (Å²) in [6.07, 6.45) is 1.53. The van der Waals surface area contributed by atoms with Crippen LogP contribution < -0.4 is 20.0 Å². The Morgan fingerprint density at radius 2 is 1.93 bits per heavy atom. The third-order valence-corrected chi connectivity index (χ3v) is 5.45. The van der Waals surface area contributed by atoms with Gasteiger partial charge < -0.3 is 19.6 Å². The van der Waals surface area contributed by atoms with Gasteiger partial charge in [0.15, 0.2) is 18.0 Å². The van der Waals surface area contributed by atoms with Crippen molar-refractivity contribution in [2.75, 3.05) is 39.8 Å². The molecule has 3 rings (SSSR count). The minimum absolute atomic E-state index is 0.0630. The van der Waals surface area contributed by atoms with Crippen LogP contribution in [0.25, 0.3) is 0 Å². The molecule has 0 aromatic heterocycles. The first-order valence-electron chi connectivity index (χ1n) is 9.64. The molecule has 2 aromatic carbocycles. The van der Waals surface area contributed by atoms with Crippen LogP contribution in [0, 0.1) is 0 Å². The molecule has 1 fully saturated rings. The third kappa shape index (κ3) is 6.19. The Bertz CT molecular complexity index is 867. The SMILES string of the molecule is COc1cc(C=NNC(=O)C[NH+]2CC[NH+](Cc3ccccc3Cl)CC2)ccc1O. The zero-order chi connectivity index (χ0) is 20.6. The largest absolute Gasteiger partial charge is 0.504 e. The van der Waals surface area contributed by atoms with Crippen LogP contribution in [0.1, 0.15) is 11.1 Å². The quantitative estimate of drug-likeness (QED) is 0.361. The number of amides is 1. The lowest BCUT2D eigenvalue weighted by molar-refractivity contribution is -1.02. The van der Waals surface area contributed by atoms with Gasteiger partial charge in [-0.05, 0) is 29.8 Å². The number of quaternary nitrogens is 2. The molecule has 154 valence electrons. The second kappa shape index (κ2) is 10.2. The Labute approximate surface area is 175 Å². The molecular formula is C21H27ClN4O3+2. The molecule has 1 aliphatic heterocycles. The van der Waals surface area contributed by atoms with Crippen molar-refractivity contribution in [2.45, 2.75) is 6.54 Å². The zero-order valence-corrected chi connectivity index (χ0v) is 17.2. The van der Waals surface area contributed by atoms with Crippen LogP contribution in [0.5, 0.6) is 11.5 Å². The maximum atomic E-state index is 12.2. The van der Waals surface area contributed by atoms with E-state index in [4.69, 9.17) is 16.3 Å². The molecule has 0 bridgehead atoms. The summed E-state index contributed by atoms with van der Waals surface area (Å²) in [6.45, 7) is 5.20. The molecule has 1 aliphatic rings. The average molecular weight is 419 g/mol. The van der Waals surface area contributed by atoms with Crippen LogP contribution in [0.2, 0.25) is 5.02 Å². The Balaban J connectivity index is 1.41. The van der Waals surface area contributed by atoms with E-state index < -0.39 is 0 Å². The van der Waals surface area contributed by atoms with Gasteiger partial charge in [-0.15, -0.1) is 0 Å². The first-order valence-corrected chi connectivity index (χ1v) is 10.0. The van der Waals surface area contributed by atoms with Gasteiger partial charge in [0.2, 0.25) is 0 Å². The van der Waals surface area contributed by atoms with Gasteiger partial charge in [-0.2, -0.15) is 5.10 Å². The number of hydrazone groups is 1. The topological polar surface area (TPSA) is 79.8 Å². The molecule has 8 heteroatoms. The number of rotatable bonds is 7. The number of piperazine rings is 1. The molecule has 1 heterocycles. The van der Waals surface area contributed by atoms with Crippen molar-refractivity contribution in [1.29, 1.82) is 0 Å². The fraction of sp³-hybridized carbons (Fsp3) is 0.333. The van der Waals surface area contributed by atoms with E-state index in [1.54, 1.807) is 12.1 Å². The van der Waals surface area contributed by atoms with Gasteiger partial charge in [0, 0.05) is 10.6 Å². The van der Waals surface area contributed by atoms with Gasteiger partial charge in [0.25, 0.3) is 5.91 Å². The number of hydrogen-bond donors (Lipinski definition) is 4. The first-order chi connectivity index (χ1) is 14.0. The first kappa shape index (κ1) is 21.1. The summed E-state index contributed by atoms with van der Waals surface area (Å²) in [5.74, 6) is 0.312. The highest BCUT2D eigenvalue weighted by Crippen LogP contribution is 2.25. The van der Waals surface area contributed by atoms with Gasteiger partial charge in [-0.1, -0.05) is 29.8 Å². The summed E-state index contributed by atoms with van der Waals surface area (Å²) in [5.41, 5.74) is 4.47. The van der Waals surface area contributed by atoms with Gasteiger partial charge >= 0.3 is 0 Å². The molecule has 1 amide bonds. The van der Waals surface area contributed by atoms with E-state index in [0.29, 0.717) is 12.3 Å². The summed E-state index contributed by atoms with van der Waals surface area (Å²) < 4.78 is 5.05. The molecule has 0 radical (unpaired) electrons. The van der Waals surface area contributed by atoms with Crippen molar-refractivity contribution >= 4 is 23.7 Å². The molecule has 7 nitrogen and oxygen atoms in total.